The van der Waals surface area contributed by atoms with E-state index in [9.17, 15) is 13.2 Å². The molecule has 1 aliphatic rings. The van der Waals surface area contributed by atoms with Gasteiger partial charge in [0.1, 0.15) is 0 Å². The fourth-order valence-corrected chi connectivity index (χ4v) is 4.33. The third-order valence-electron chi connectivity index (χ3n) is 4.99. The number of halogens is 1. The molecule has 2 aromatic heterocycles. The molecule has 0 bridgehead atoms. The van der Waals surface area contributed by atoms with Gasteiger partial charge in [-0.25, -0.2) is 12.9 Å². The van der Waals surface area contributed by atoms with E-state index < -0.39 is 9.84 Å². The minimum atomic E-state index is -3.30. The van der Waals surface area contributed by atoms with E-state index in [4.69, 9.17) is 11.6 Å². The molecule has 1 amide bonds. The summed E-state index contributed by atoms with van der Waals surface area (Å²) in [5, 5.41) is 4.88. The summed E-state index contributed by atoms with van der Waals surface area (Å²) in [5.74, 6) is -0.183. The highest BCUT2D eigenvalue weighted by atomic mass is 35.5. The summed E-state index contributed by atoms with van der Waals surface area (Å²) in [4.78, 5) is 15.1. The number of carbonyl (C=O) groups is 1. The van der Waals surface area contributed by atoms with Gasteiger partial charge in [0.05, 0.1) is 21.5 Å². The summed E-state index contributed by atoms with van der Waals surface area (Å²) in [7, 11) is -3.30. The number of fused-ring (bicyclic) bond motifs is 2. The number of hydrogen-bond donors (Lipinski definition) is 0. The maximum Gasteiger partial charge on any atom is 0.274 e. The predicted molar refractivity (Wildman–Crippen MR) is 103 cm³/mol. The molecule has 0 radical (unpaired) electrons. The van der Waals surface area contributed by atoms with E-state index >= 15 is 0 Å². The van der Waals surface area contributed by atoms with Crippen LogP contribution in [-0.4, -0.2) is 41.6 Å². The minimum Gasteiger partial charge on any atom is -0.330 e. The number of benzene rings is 1. The number of hydrogen-bond acceptors (Lipinski definition) is 4. The number of nitrogens with zero attached hydrogens (tertiary/aromatic N) is 3. The average Bonchev–Trinajstić information content (AvgIpc) is 3.03. The van der Waals surface area contributed by atoms with E-state index in [1.807, 2.05) is 13.0 Å². The van der Waals surface area contributed by atoms with Crippen molar-refractivity contribution in [3.8, 4) is 0 Å². The van der Waals surface area contributed by atoms with Crippen LogP contribution in [0.2, 0.25) is 5.02 Å². The van der Waals surface area contributed by atoms with Gasteiger partial charge in [-0.05, 0) is 54.8 Å². The molecule has 3 aromatic rings. The first-order valence-corrected chi connectivity index (χ1v) is 10.8. The molecule has 4 rings (SSSR count). The van der Waals surface area contributed by atoms with E-state index in [1.54, 1.807) is 45.9 Å². The van der Waals surface area contributed by atoms with Crippen molar-refractivity contribution in [2.24, 2.45) is 0 Å². The Labute approximate surface area is 162 Å². The van der Waals surface area contributed by atoms with Crippen molar-refractivity contribution in [2.45, 2.75) is 24.3 Å². The van der Waals surface area contributed by atoms with Gasteiger partial charge in [-0.1, -0.05) is 17.7 Å². The first-order chi connectivity index (χ1) is 12.7. The zero-order valence-electron chi connectivity index (χ0n) is 14.9. The highest BCUT2D eigenvalue weighted by Crippen LogP contribution is 2.32. The van der Waals surface area contributed by atoms with Crippen LogP contribution in [0.1, 0.15) is 34.6 Å². The first-order valence-electron chi connectivity index (χ1n) is 8.53. The molecular weight excluding hydrogens is 386 g/mol. The second-order valence-corrected chi connectivity index (χ2v) is 9.26. The fourth-order valence-electron chi connectivity index (χ4n) is 3.51. The van der Waals surface area contributed by atoms with Crippen LogP contribution in [0.4, 0.5) is 0 Å². The molecule has 1 aliphatic heterocycles. The van der Waals surface area contributed by atoms with E-state index in [2.05, 4.69) is 5.10 Å². The Morgan fingerprint density at radius 1 is 1.22 bits per heavy atom. The first kappa shape index (κ1) is 18.0. The summed E-state index contributed by atoms with van der Waals surface area (Å²) in [6.07, 6.45) is 3.52. The molecule has 0 aliphatic carbocycles. The minimum absolute atomic E-state index is 0.183. The normalized spacial score (nSPS) is 17.1. The van der Waals surface area contributed by atoms with Gasteiger partial charge >= 0.3 is 0 Å². The number of sulfone groups is 1. The molecule has 0 fully saturated rings. The van der Waals surface area contributed by atoms with E-state index in [1.165, 1.54) is 6.26 Å². The lowest BCUT2D eigenvalue weighted by Gasteiger charge is -2.35. The highest BCUT2D eigenvalue weighted by Gasteiger charge is 2.30. The monoisotopic (exact) mass is 403 g/mol. The Hall–Kier alpha value is -2.38. The SMILES string of the molecule is CC1c2cc(S(C)(=O)=O)ccc2CCN1C(=O)c1cc2ccc(Cl)cn2n1. The molecule has 0 saturated heterocycles. The molecule has 0 N–H and O–H groups in total. The third-order valence-corrected chi connectivity index (χ3v) is 6.32. The highest BCUT2D eigenvalue weighted by molar-refractivity contribution is 7.90. The Morgan fingerprint density at radius 2 is 2.00 bits per heavy atom. The van der Waals surface area contributed by atoms with Crippen LogP contribution in [-0.2, 0) is 16.3 Å². The molecule has 1 atom stereocenters. The van der Waals surface area contributed by atoms with Gasteiger partial charge < -0.3 is 4.90 Å². The zero-order chi connectivity index (χ0) is 19.3. The van der Waals surface area contributed by atoms with Crippen molar-refractivity contribution in [3.63, 3.8) is 0 Å². The fraction of sp³-hybridized carbons (Fsp3) is 0.263. The van der Waals surface area contributed by atoms with Gasteiger partial charge in [0.2, 0.25) is 0 Å². The summed E-state index contributed by atoms with van der Waals surface area (Å²) >= 11 is 5.98. The maximum absolute atomic E-state index is 13.1. The van der Waals surface area contributed by atoms with Crippen molar-refractivity contribution in [1.82, 2.24) is 14.5 Å². The van der Waals surface area contributed by atoms with Crippen LogP contribution >= 0.6 is 11.6 Å². The predicted octanol–water partition coefficient (Wildman–Crippen LogP) is 3.15. The third kappa shape index (κ3) is 3.21. The largest absolute Gasteiger partial charge is 0.330 e. The molecular formula is C19H18ClN3O3S. The van der Waals surface area contributed by atoms with Crippen molar-refractivity contribution in [1.29, 1.82) is 0 Å². The molecule has 27 heavy (non-hydrogen) atoms. The lowest BCUT2D eigenvalue weighted by atomic mass is 9.93. The van der Waals surface area contributed by atoms with Gasteiger partial charge in [-0.2, -0.15) is 5.10 Å². The lowest BCUT2D eigenvalue weighted by Crippen LogP contribution is -2.39. The van der Waals surface area contributed by atoms with Crippen molar-refractivity contribution in [3.05, 3.63) is 64.4 Å². The van der Waals surface area contributed by atoms with Crippen molar-refractivity contribution >= 4 is 32.9 Å². The molecule has 1 aromatic carbocycles. The second-order valence-electron chi connectivity index (χ2n) is 6.80. The number of amides is 1. The van der Waals surface area contributed by atoms with Crippen molar-refractivity contribution < 1.29 is 13.2 Å². The smallest absolute Gasteiger partial charge is 0.274 e. The summed E-state index contributed by atoms with van der Waals surface area (Å²) < 4.78 is 25.4. The molecule has 8 heteroatoms. The van der Waals surface area contributed by atoms with Crippen LogP contribution < -0.4 is 0 Å². The summed E-state index contributed by atoms with van der Waals surface area (Å²) in [6, 6.07) is 10.2. The summed E-state index contributed by atoms with van der Waals surface area (Å²) in [6.45, 7) is 2.47. The van der Waals surface area contributed by atoms with E-state index in [0.717, 1.165) is 16.6 Å². The van der Waals surface area contributed by atoms with Crippen molar-refractivity contribution in [2.75, 3.05) is 12.8 Å². The molecule has 0 spiro atoms. The lowest BCUT2D eigenvalue weighted by molar-refractivity contribution is 0.0671. The van der Waals surface area contributed by atoms with Gasteiger partial charge in [-0.3, -0.25) is 4.79 Å². The van der Waals surface area contributed by atoms with Crippen LogP contribution in [0.25, 0.3) is 5.52 Å². The van der Waals surface area contributed by atoms with Gasteiger partial charge in [-0.15, -0.1) is 0 Å². The Kier molecular flexibility index (Phi) is 4.24. The van der Waals surface area contributed by atoms with Gasteiger partial charge in [0.25, 0.3) is 5.91 Å². The Bertz CT molecular complexity index is 1170. The standard InChI is InChI=1S/C19H18ClN3O3S/c1-12-17-10-16(27(2,25)26)6-3-13(17)7-8-22(12)19(24)18-9-15-5-4-14(20)11-23(15)21-18/h3-6,9-12H,7-8H2,1-2H3. The Morgan fingerprint density at radius 3 is 2.74 bits per heavy atom. The number of aromatic nitrogens is 2. The number of carbonyl (C=O) groups excluding carboxylic acids is 1. The molecule has 140 valence electrons. The second kappa shape index (κ2) is 6.35. The number of pyridine rings is 1. The molecule has 3 heterocycles. The number of rotatable bonds is 2. The van der Waals surface area contributed by atoms with Gasteiger partial charge in [0, 0.05) is 19.0 Å². The zero-order valence-corrected chi connectivity index (χ0v) is 16.5. The molecule has 6 nitrogen and oxygen atoms in total. The Balaban J connectivity index is 1.69. The topological polar surface area (TPSA) is 71.8 Å². The van der Waals surface area contributed by atoms with Crippen LogP contribution in [0.3, 0.4) is 0 Å². The maximum atomic E-state index is 13.1. The molecule has 0 saturated carbocycles. The van der Waals surface area contributed by atoms with Crippen LogP contribution in [0.5, 0.6) is 0 Å². The molecule has 1 unspecified atom stereocenters. The van der Waals surface area contributed by atoms with Gasteiger partial charge in [0.15, 0.2) is 15.5 Å². The van der Waals surface area contributed by atoms with E-state index in [-0.39, 0.29) is 16.8 Å². The average molecular weight is 404 g/mol. The van der Waals surface area contributed by atoms with Crippen LogP contribution in [0, 0.1) is 0 Å². The quantitative estimate of drug-likeness (QED) is 0.659. The summed E-state index contributed by atoms with van der Waals surface area (Å²) in [5.41, 5.74) is 3.06. The van der Waals surface area contributed by atoms with Crippen LogP contribution in [0.15, 0.2) is 47.5 Å². The van der Waals surface area contributed by atoms with E-state index in [0.29, 0.717) is 23.7 Å².